The number of aromatic nitrogens is 2. The van der Waals surface area contributed by atoms with Crippen LogP contribution in [0.5, 0.6) is 0 Å². The summed E-state index contributed by atoms with van der Waals surface area (Å²) in [5.74, 6) is -1.90. The highest BCUT2D eigenvalue weighted by atomic mass is 19.1. The molecule has 4 nitrogen and oxygen atoms in total. The lowest BCUT2D eigenvalue weighted by molar-refractivity contribution is 0.102. The van der Waals surface area contributed by atoms with Crippen molar-refractivity contribution in [3.05, 3.63) is 77.0 Å². The van der Waals surface area contributed by atoms with Crippen LogP contribution in [0.2, 0.25) is 0 Å². The molecule has 0 radical (unpaired) electrons. The summed E-state index contributed by atoms with van der Waals surface area (Å²) in [4.78, 5) is 12.3. The number of carbonyl (C=O) groups excluding carboxylic acids is 1. The van der Waals surface area contributed by atoms with Crippen LogP contribution in [0.4, 0.5) is 14.6 Å². The fourth-order valence-electron chi connectivity index (χ4n) is 2.33. The number of rotatable bonds is 3. The van der Waals surface area contributed by atoms with Gasteiger partial charge in [0.1, 0.15) is 17.5 Å². The van der Waals surface area contributed by atoms with Gasteiger partial charge in [-0.1, -0.05) is 17.7 Å². The van der Waals surface area contributed by atoms with Gasteiger partial charge in [0.25, 0.3) is 5.91 Å². The van der Waals surface area contributed by atoms with Gasteiger partial charge in [0, 0.05) is 12.1 Å². The van der Waals surface area contributed by atoms with Gasteiger partial charge in [0.15, 0.2) is 0 Å². The maximum atomic E-state index is 13.8. The average molecular weight is 327 g/mol. The van der Waals surface area contributed by atoms with E-state index in [4.69, 9.17) is 0 Å². The third-order valence-electron chi connectivity index (χ3n) is 3.53. The number of nitrogens with one attached hydrogen (secondary N) is 1. The Morgan fingerprint density at radius 1 is 1.04 bits per heavy atom. The van der Waals surface area contributed by atoms with Gasteiger partial charge in [0.05, 0.1) is 16.9 Å². The molecule has 0 saturated carbocycles. The first-order valence-corrected chi connectivity index (χ1v) is 7.34. The zero-order valence-corrected chi connectivity index (χ0v) is 13.2. The average Bonchev–Trinajstić information content (AvgIpc) is 2.88. The highest BCUT2D eigenvalue weighted by Gasteiger charge is 2.16. The minimum Gasteiger partial charge on any atom is -0.306 e. The lowest BCUT2D eigenvalue weighted by atomic mass is 10.2. The second kappa shape index (κ2) is 6.23. The summed E-state index contributed by atoms with van der Waals surface area (Å²) in [6.45, 7) is 3.76. The zero-order chi connectivity index (χ0) is 17.3. The molecule has 1 N–H and O–H groups in total. The van der Waals surface area contributed by atoms with Gasteiger partial charge < -0.3 is 5.32 Å². The van der Waals surface area contributed by atoms with E-state index < -0.39 is 17.5 Å². The van der Waals surface area contributed by atoms with E-state index in [-0.39, 0.29) is 5.56 Å². The molecule has 24 heavy (non-hydrogen) atoms. The van der Waals surface area contributed by atoms with Crippen LogP contribution in [0.25, 0.3) is 5.69 Å². The largest absolute Gasteiger partial charge is 0.306 e. The fraction of sp³-hybridized carbons (Fsp3) is 0.111. The first-order valence-electron chi connectivity index (χ1n) is 7.34. The number of aryl methyl sites for hydroxylation is 2. The highest BCUT2D eigenvalue weighted by Crippen LogP contribution is 2.19. The molecule has 0 atom stereocenters. The van der Waals surface area contributed by atoms with Crippen molar-refractivity contribution in [1.29, 1.82) is 0 Å². The number of halogens is 2. The van der Waals surface area contributed by atoms with Crippen LogP contribution < -0.4 is 5.32 Å². The molecule has 0 unspecified atom stereocenters. The van der Waals surface area contributed by atoms with Gasteiger partial charge in [-0.25, -0.2) is 13.5 Å². The van der Waals surface area contributed by atoms with Crippen LogP contribution in [0, 0.1) is 25.5 Å². The number of anilines is 1. The lowest BCUT2D eigenvalue weighted by Crippen LogP contribution is -2.16. The summed E-state index contributed by atoms with van der Waals surface area (Å²) >= 11 is 0. The van der Waals surface area contributed by atoms with E-state index in [2.05, 4.69) is 10.4 Å². The summed E-state index contributed by atoms with van der Waals surface area (Å²) < 4.78 is 28.3. The molecule has 0 aliphatic rings. The van der Waals surface area contributed by atoms with Crippen LogP contribution in [-0.4, -0.2) is 15.7 Å². The fourth-order valence-corrected chi connectivity index (χ4v) is 2.33. The molecule has 2 aromatic carbocycles. The summed E-state index contributed by atoms with van der Waals surface area (Å²) in [5.41, 5.74) is 2.33. The van der Waals surface area contributed by atoms with Gasteiger partial charge in [-0.15, -0.1) is 0 Å². The number of benzene rings is 2. The molecule has 3 rings (SSSR count). The Hall–Kier alpha value is -3.02. The van der Waals surface area contributed by atoms with Gasteiger partial charge >= 0.3 is 0 Å². The topological polar surface area (TPSA) is 46.9 Å². The first kappa shape index (κ1) is 15.9. The van der Waals surface area contributed by atoms with Crippen LogP contribution in [-0.2, 0) is 0 Å². The molecule has 3 aromatic rings. The van der Waals surface area contributed by atoms with Crippen LogP contribution >= 0.6 is 0 Å². The molecule has 6 heteroatoms. The number of carbonyl (C=O) groups is 1. The predicted molar refractivity (Wildman–Crippen MR) is 87.3 cm³/mol. The van der Waals surface area contributed by atoms with Gasteiger partial charge in [-0.3, -0.25) is 4.79 Å². The number of hydrogen-bond donors (Lipinski definition) is 1. The number of nitrogens with zero attached hydrogens (tertiary/aromatic N) is 2. The third kappa shape index (κ3) is 3.17. The normalized spacial score (nSPS) is 10.7. The Bertz CT molecular complexity index is 901. The maximum absolute atomic E-state index is 13.8. The van der Waals surface area contributed by atoms with E-state index >= 15 is 0 Å². The van der Waals surface area contributed by atoms with Crippen molar-refractivity contribution in [2.75, 3.05) is 5.32 Å². The molecule has 0 saturated heterocycles. The van der Waals surface area contributed by atoms with Crippen molar-refractivity contribution in [1.82, 2.24) is 9.78 Å². The standard InChI is InChI=1S/C18H15F2N3O/c1-11-3-6-14(7-4-11)23-17(9-12(2)22-23)21-18(24)15-8-5-13(19)10-16(15)20/h3-10H,1-2H3,(H,21,24). The van der Waals surface area contributed by atoms with E-state index in [1.54, 1.807) is 17.7 Å². The van der Waals surface area contributed by atoms with Crippen LogP contribution in [0.1, 0.15) is 21.6 Å². The Kier molecular flexibility index (Phi) is 4.12. The maximum Gasteiger partial charge on any atom is 0.259 e. The first-order chi connectivity index (χ1) is 11.4. The molecular weight excluding hydrogens is 312 g/mol. The third-order valence-corrected chi connectivity index (χ3v) is 3.53. The Morgan fingerprint density at radius 3 is 2.42 bits per heavy atom. The molecule has 122 valence electrons. The molecule has 0 aliphatic heterocycles. The van der Waals surface area contributed by atoms with E-state index in [0.29, 0.717) is 17.6 Å². The Balaban J connectivity index is 1.93. The molecule has 0 bridgehead atoms. The predicted octanol–water partition coefficient (Wildman–Crippen LogP) is 4.02. The highest BCUT2D eigenvalue weighted by molar-refractivity contribution is 6.04. The van der Waals surface area contributed by atoms with Crippen molar-refractivity contribution in [3.8, 4) is 5.69 Å². The van der Waals surface area contributed by atoms with Gasteiger partial charge in [0.2, 0.25) is 0 Å². The van der Waals surface area contributed by atoms with E-state index in [0.717, 1.165) is 23.4 Å². The zero-order valence-electron chi connectivity index (χ0n) is 13.2. The van der Waals surface area contributed by atoms with Crippen LogP contribution in [0.3, 0.4) is 0 Å². The molecule has 1 amide bonds. The molecular formula is C18H15F2N3O. The van der Waals surface area contributed by atoms with Crippen molar-refractivity contribution >= 4 is 11.7 Å². The summed E-state index contributed by atoms with van der Waals surface area (Å²) in [6.07, 6.45) is 0. The second-order valence-corrected chi connectivity index (χ2v) is 5.50. The number of hydrogen-bond acceptors (Lipinski definition) is 2. The minimum atomic E-state index is -0.911. The molecule has 0 aliphatic carbocycles. The minimum absolute atomic E-state index is 0.231. The van der Waals surface area contributed by atoms with Crippen molar-refractivity contribution < 1.29 is 13.6 Å². The van der Waals surface area contributed by atoms with E-state index in [9.17, 15) is 13.6 Å². The van der Waals surface area contributed by atoms with E-state index in [1.165, 1.54) is 0 Å². The number of amides is 1. The van der Waals surface area contributed by atoms with Gasteiger partial charge in [-0.05, 0) is 38.1 Å². The summed E-state index contributed by atoms with van der Waals surface area (Å²) in [5, 5.41) is 6.96. The second-order valence-electron chi connectivity index (χ2n) is 5.50. The van der Waals surface area contributed by atoms with Crippen molar-refractivity contribution in [3.63, 3.8) is 0 Å². The van der Waals surface area contributed by atoms with Crippen LogP contribution in [0.15, 0.2) is 48.5 Å². The lowest BCUT2D eigenvalue weighted by Gasteiger charge is -2.09. The Labute approximate surface area is 137 Å². The Morgan fingerprint density at radius 2 is 1.75 bits per heavy atom. The molecule has 1 heterocycles. The SMILES string of the molecule is Cc1ccc(-n2nc(C)cc2NC(=O)c2ccc(F)cc2F)cc1. The van der Waals surface area contributed by atoms with Crippen molar-refractivity contribution in [2.24, 2.45) is 0 Å². The van der Waals surface area contributed by atoms with Gasteiger partial charge in [-0.2, -0.15) is 5.10 Å². The summed E-state index contributed by atoms with van der Waals surface area (Å²) in [7, 11) is 0. The smallest absolute Gasteiger partial charge is 0.259 e. The van der Waals surface area contributed by atoms with Crippen molar-refractivity contribution in [2.45, 2.75) is 13.8 Å². The molecule has 0 fully saturated rings. The molecule has 1 aromatic heterocycles. The van der Waals surface area contributed by atoms with E-state index in [1.807, 2.05) is 31.2 Å². The summed E-state index contributed by atoms with van der Waals surface area (Å²) in [6, 6.07) is 12.1. The quantitative estimate of drug-likeness (QED) is 0.790. The monoisotopic (exact) mass is 327 g/mol. The molecule has 0 spiro atoms.